The Morgan fingerprint density at radius 1 is 1.38 bits per heavy atom. The number of aromatic nitrogens is 2. The molecule has 1 aliphatic carbocycles. The summed E-state index contributed by atoms with van der Waals surface area (Å²) >= 11 is 0. The Labute approximate surface area is 119 Å². The third-order valence-electron chi connectivity index (χ3n) is 3.33. The Morgan fingerprint density at radius 3 is 2.81 bits per heavy atom. The first-order valence-corrected chi connectivity index (χ1v) is 6.56. The van der Waals surface area contributed by atoms with E-state index in [1.165, 1.54) is 29.1 Å². The van der Waals surface area contributed by atoms with Gasteiger partial charge in [-0.15, -0.1) is 0 Å². The number of hydrogen-bond donors (Lipinski definition) is 2. The molecule has 21 heavy (non-hydrogen) atoms. The first-order chi connectivity index (χ1) is 10.0. The van der Waals surface area contributed by atoms with Gasteiger partial charge in [0.25, 0.3) is 5.56 Å². The van der Waals surface area contributed by atoms with Gasteiger partial charge in [0.1, 0.15) is 6.54 Å². The number of carboxylic acids is 1. The van der Waals surface area contributed by atoms with Gasteiger partial charge in [0.15, 0.2) is 0 Å². The van der Waals surface area contributed by atoms with E-state index in [1.54, 1.807) is 0 Å². The van der Waals surface area contributed by atoms with Gasteiger partial charge in [-0.25, -0.2) is 9.78 Å². The average Bonchev–Trinajstić information content (AvgIpc) is 3.25. The number of rotatable bonds is 4. The van der Waals surface area contributed by atoms with Gasteiger partial charge in [-0.3, -0.25) is 14.2 Å². The van der Waals surface area contributed by atoms with E-state index in [2.05, 4.69) is 10.3 Å². The third kappa shape index (κ3) is 2.76. The summed E-state index contributed by atoms with van der Waals surface area (Å²) in [5.41, 5.74) is 0.0141. The summed E-state index contributed by atoms with van der Waals surface area (Å²) in [7, 11) is 0. The van der Waals surface area contributed by atoms with Crippen LogP contribution < -0.4 is 10.9 Å². The van der Waals surface area contributed by atoms with Gasteiger partial charge < -0.3 is 10.4 Å². The molecule has 7 nitrogen and oxygen atoms in total. The fourth-order valence-electron chi connectivity index (χ4n) is 2.06. The number of carboxylic acid groups (broad SMARTS) is 1. The highest BCUT2D eigenvalue weighted by molar-refractivity contribution is 5.92. The highest BCUT2D eigenvalue weighted by Gasteiger charge is 2.23. The van der Waals surface area contributed by atoms with Crippen molar-refractivity contribution in [2.45, 2.75) is 25.4 Å². The van der Waals surface area contributed by atoms with E-state index in [4.69, 9.17) is 5.11 Å². The third-order valence-corrected chi connectivity index (χ3v) is 3.33. The van der Waals surface area contributed by atoms with Crippen molar-refractivity contribution in [3.05, 3.63) is 40.4 Å². The summed E-state index contributed by atoms with van der Waals surface area (Å²) in [5, 5.41) is 12.0. The number of carbonyl (C=O) groups excluding carboxylic acids is 1. The Hall–Kier alpha value is -2.70. The van der Waals surface area contributed by atoms with Crippen molar-refractivity contribution in [2.24, 2.45) is 0 Å². The highest BCUT2D eigenvalue weighted by Crippen LogP contribution is 2.18. The molecule has 0 radical (unpaired) electrons. The van der Waals surface area contributed by atoms with Crippen LogP contribution in [0.15, 0.2) is 29.3 Å². The number of nitrogens with one attached hydrogen (secondary N) is 1. The molecule has 1 aliphatic rings. The maximum atomic E-state index is 12.2. The van der Waals surface area contributed by atoms with E-state index in [0.29, 0.717) is 10.9 Å². The minimum atomic E-state index is -1.08. The second-order valence-corrected chi connectivity index (χ2v) is 5.06. The van der Waals surface area contributed by atoms with Gasteiger partial charge >= 0.3 is 5.97 Å². The number of benzene rings is 1. The normalized spacial score (nSPS) is 14.1. The van der Waals surface area contributed by atoms with Crippen molar-refractivity contribution in [2.75, 3.05) is 0 Å². The number of nitrogens with zero attached hydrogens (tertiary/aromatic N) is 2. The zero-order valence-electron chi connectivity index (χ0n) is 11.1. The van der Waals surface area contributed by atoms with Crippen LogP contribution in [0.2, 0.25) is 0 Å². The Morgan fingerprint density at radius 2 is 2.14 bits per heavy atom. The Balaban J connectivity index is 1.92. The summed E-state index contributed by atoms with van der Waals surface area (Å²) < 4.78 is 1.22. The van der Waals surface area contributed by atoms with Gasteiger partial charge in [-0.2, -0.15) is 0 Å². The fourth-order valence-corrected chi connectivity index (χ4v) is 2.06. The lowest BCUT2D eigenvalue weighted by molar-refractivity contribution is -0.121. The Kier molecular flexibility index (Phi) is 3.17. The van der Waals surface area contributed by atoms with Gasteiger partial charge in [0.05, 0.1) is 22.8 Å². The molecular weight excluding hydrogens is 274 g/mol. The molecule has 0 aliphatic heterocycles. The quantitative estimate of drug-likeness (QED) is 0.846. The lowest BCUT2D eigenvalue weighted by atomic mass is 10.1. The first kappa shape index (κ1) is 13.3. The van der Waals surface area contributed by atoms with Crippen molar-refractivity contribution in [1.82, 2.24) is 14.9 Å². The number of hydrogen-bond acceptors (Lipinski definition) is 4. The zero-order valence-corrected chi connectivity index (χ0v) is 11.1. The largest absolute Gasteiger partial charge is 0.478 e. The molecule has 108 valence electrons. The van der Waals surface area contributed by atoms with Crippen molar-refractivity contribution < 1.29 is 14.7 Å². The molecule has 0 bridgehead atoms. The van der Waals surface area contributed by atoms with Gasteiger partial charge in [0, 0.05) is 6.04 Å². The molecule has 7 heteroatoms. The predicted molar refractivity (Wildman–Crippen MR) is 74.1 cm³/mol. The summed E-state index contributed by atoms with van der Waals surface area (Å²) in [6, 6.07) is 4.35. The van der Waals surface area contributed by atoms with Crippen molar-refractivity contribution in [3.8, 4) is 0 Å². The molecule has 1 amide bonds. The minimum Gasteiger partial charge on any atom is -0.478 e. The highest BCUT2D eigenvalue weighted by atomic mass is 16.4. The van der Waals surface area contributed by atoms with Crippen molar-refractivity contribution >= 4 is 22.8 Å². The molecule has 1 heterocycles. The van der Waals surface area contributed by atoms with Crippen LogP contribution in [0.25, 0.3) is 10.9 Å². The standard InChI is InChI=1S/C14H13N3O4/c18-12(16-9-2-3-9)6-17-7-15-11-5-8(14(20)21)1-4-10(11)13(17)19/h1,4-5,7,9H,2-3,6H2,(H,16,18)(H,20,21). The summed E-state index contributed by atoms with van der Waals surface area (Å²) in [5.74, 6) is -1.30. The van der Waals surface area contributed by atoms with Crippen molar-refractivity contribution in [3.63, 3.8) is 0 Å². The lowest BCUT2D eigenvalue weighted by Crippen LogP contribution is -2.33. The SMILES string of the molecule is O=C(Cn1cnc2cc(C(=O)O)ccc2c1=O)NC1CC1. The number of carbonyl (C=O) groups is 2. The molecule has 1 aromatic carbocycles. The van der Waals surface area contributed by atoms with Gasteiger partial charge in [-0.1, -0.05) is 0 Å². The summed E-state index contributed by atoms with van der Waals surface area (Å²) in [6.45, 7) is -0.0844. The maximum Gasteiger partial charge on any atom is 0.335 e. The Bertz CT molecular complexity index is 792. The molecule has 1 aromatic heterocycles. The monoisotopic (exact) mass is 287 g/mol. The number of amides is 1. The predicted octanol–water partition coefficient (Wildman–Crippen LogP) is 0.373. The van der Waals surface area contributed by atoms with Crippen molar-refractivity contribution in [1.29, 1.82) is 0 Å². The van der Waals surface area contributed by atoms with E-state index in [1.807, 2.05) is 0 Å². The van der Waals surface area contributed by atoms with Crippen LogP contribution in [0.3, 0.4) is 0 Å². The summed E-state index contributed by atoms with van der Waals surface area (Å²) in [4.78, 5) is 38.9. The summed E-state index contributed by atoms with van der Waals surface area (Å²) in [6.07, 6.45) is 3.23. The van der Waals surface area contributed by atoms with Crippen LogP contribution in [0.1, 0.15) is 23.2 Å². The smallest absolute Gasteiger partial charge is 0.335 e. The molecule has 2 aromatic rings. The molecule has 2 N–H and O–H groups in total. The fraction of sp³-hybridized carbons (Fsp3) is 0.286. The van der Waals surface area contributed by atoms with E-state index in [9.17, 15) is 14.4 Å². The molecule has 0 saturated heterocycles. The molecule has 1 saturated carbocycles. The van der Waals surface area contributed by atoms with Crippen LogP contribution in [-0.2, 0) is 11.3 Å². The molecular formula is C14H13N3O4. The molecule has 1 fully saturated rings. The second-order valence-electron chi connectivity index (χ2n) is 5.06. The topological polar surface area (TPSA) is 101 Å². The number of fused-ring (bicyclic) bond motifs is 1. The second kappa shape index (κ2) is 5.01. The van der Waals surface area contributed by atoms with Gasteiger partial charge in [0.2, 0.25) is 5.91 Å². The van der Waals surface area contributed by atoms with E-state index in [0.717, 1.165) is 12.8 Å². The first-order valence-electron chi connectivity index (χ1n) is 6.56. The van der Waals surface area contributed by atoms with Crippen LogP contribution in [-0.4, -0.2) is 32.6 Å². The van der Waals surface area contributed by atoms with Crippen LogP contribution in [0, 0.1) is 0 Å². The van der Waals surface area contributed by atoms with Gasteiger partial charge in [-0.05, 0) is 31.0 Å². The van der Waals surface area contributed by atoms with E-state index >= 15 is 0 Å². The molecule has 0 spiro atoms. The average molecular weight is 287 g/mol. The zero-order chi connectivity index (χ0) is 15.0. The van der Waals surface area contributed by atoms with E-state index in [-0.39, 0.29) is 29.6 Å². The number of aromatic carboxylic acids is 1. The van der Waals surface area contributed by atoms with Crippen LogP contribution in [0.4, 0.5) is 0 Å². The molecule has 0 unspecified atom stereocenters. The van der Waals surface area contributed by atoms with Crippen LogP contribution in [0.5, 0.6) is 0 Å². The van der Waals surface area contributed by atoms with E-state index < -0.39 is 5.97 Å². The van der Waals surface area contributed by atoms with Crippen LogP contribution >= 0.6 is 0 Å². The molecule has 0 atom stereocenters. The molecule has 3 rings (SSSR count). The minimum absolute atomic E-state index is 0.0682. The maximum absolute atomic E-state index is 12.2. The lowest BCUT2D eigenvalue weighted by Gasteiger charge is -2.07.